The monoisotopic (exact) mass is 392 g/mol. The number of ether oxygens (including phenoxy) is 1. The summed E-state index contributed by atoms with van der Waals surface area (Å²) in [5.74, 6) is 0.341. The fourth-order valence-electron chi connectivity index (χ4n) is 9.48. The van der Waals surface area contributed by atoms with E-state index in [-0.39, 0.29) is 41.2 Å². The van der Waals surface area contributed by atoms with Crippen LogP contribution in [0.4, 0.5) is 0 Å². The van der Waals surface area contributed by atoms with Gasteiger partial charge in [-0.05, 0) is 69.1 Å². The standard InChI is InChI=1S/C23H36O5/c1-13(28-14(2)24)16-6-10-23(27)19(16,3)9-7-17-20(4)8-5-15-11-21(15,20)18(25)12-22(17,23)26/h13,15-18,25-27H,5-12H2,1-4H3. The van der Waals surface area contributed by atoms with Crippen LogP contribution in [-0.4, -0.2) is 44.7 Å². The van der Waals surface area contributed by atoms with Gasteiger partial charge in [0.25, 0.3) is 0 Å². The molecule has 0 aromatic carbocycles. The first-order valence-electron chi connectivity index (χ1n) is 11.3. The van der Waals surface area contributed by atoms with E-state index >= 15 is 0 Å². The van der Waals surface area contributed by atoms with Gasteiger partial charge in [-0.2, -0.15) is 0 Å². The first-order chi connectivity index (χ1) is 13.0. The quantitative estimate of drug-likeness (QED) is 0.629. The summed E-state index contributed by atoms with van der Waals surface area (Å²) in [6, 6.07) is 0. The van der Waals surface area contributed by atoms with Crippen molar-refractivity contribution in [3.05, 3.63) is 0 Å². The minimum atomic E-state index is -1.28. The summed E-state index contributed by atoms with van der Waals surface area (Å²) in [5, 5.41) is 35.5. The van der Waals surface area contributed by atoms with Crippen molar-refractivity contribution in [3.63, 3.8) is 0 Å². The van der Waals surface area contributed by atoms with Crippen molar-refractivity contribution < 1.29 is 24.9 Å². The molecule has 5 nitrogen and oxygen atoms in total. The fraction of sp³-hybridized carbons (Fsp3) is 0.957. The summed E-state index contributed by atoms with van der Waals surface area (Å²) < 4.78 is 5.51. The molecule has 1 spiro atoms. The Morgan fingerprint density at radius 3 is 2.36 bits per heavy atom. The van der Waals surface area contributed by atoms with E-state index in [4.69, 9.17) is 4.74 Å². The third-order valence-corrected chi connectivity index (χ3v) is 10.8. The number of hydrogen-bond acceptors (Lipinski definition) is 5. The van der Waals surface area contributed by atoms with Crippen LogP contribution in [0.25, 0.3) is 0 Å². The molecule has 5 rings (SSSR count). The molecular formula is C23H36O5. The van der Waals surface area contributed by atoms with Crippen molar-refractivity contribution in [3.8, 4) is 0 Å². The second-order valence-corrected chi connectivity index (χ2v) is 11.4. The van der Waals surface area contributed by atoms with Crippen LogP contribution < -0.4 is 0 Å². The van der Waals surface area contributed by atoms with Gasteiger partial charge in [0.15, 0.2) is 0 Å². The van der Waals surface area contributed by atoms with Crippen LogP contribution in [0.15, 0.2) is 0 Å². The zero-order chi connectivity index (χ0) is 20.3. The largest absolute Gasteiger partial charge is 0.463 e. The maximum atomic E-state index is 12.2. The lowest BCUT2D eigenvalue weighted by Gasteiger charge is -2.67. The maximum absolute atomic E-state index is 12.2. The molecule has 5 heteroatoms. The smallest absolute Gasteiger partial charge is 0.302 e. The Balaban J connectivity index is 1.54. The molecule has 5 fully saturated rings. The second kappa shape index (κ2) is 5.33. The van der Waals surface area contributed by atoms with Gasteiger partial charge >= 0.3 is 5.97 Å². The van der Waals surface area contributed by atoms with Crippen LogP contribution in [0.3, 0.4) is 0 Å². The van der Waals surface area contributed by atoms with Crippen molar-refractivity contribution >= 4 is 5.97 Å². The molecule has 0 radical (unpaired) electrons. The van der Waals surface area contributed by atoms with E-state index in [1.807, 2.05) is 6.92 Å². The Bertz CT molecular complexity index is 724. The van der Waals surface area contributed by atoms with E-state index < -0.39 is 22.7 Å². The third-order valence-electron chi connectivity index (χ3n) is 10.8. The molecule has 0 heterocycles. The molecule has 158 valence electrons. The number of carbonyl (C=O) groups is 1. The zero-order valence-electron chi connectivity index (χ0n) is 17.7. The Hall–Kier alpha value is -0.650. The molecule has 28 heavy (non-hydrogen) atoms. The van der Waals surface area contributed by atoms with Crippen molar-refractivity contribution in [1.29, 1.82) is 0 Å². The summed E-state index contributed by atoms with van der Waals surface area (Å²) in [6.45, 7) is 7.69. The molecule has 10 atom stereocenters. The van der Waals surface area contributed by atoms with E-state index in [0.29, 0.717) is 12.3 Å². The first kappa shape index (κ1) is 19.3. The van der Waals surface area contributed by atoms with E-state index in [1.54, 1.807) is 0 Å². The highest BCUT2D eigenvalue weighted by molar-refractivity contribution is 5.66. The minimum Gasteiger partial charge on any atom is -0.463 e. The van der Waals surface area contributed by atoms with Crippen molar-refractivity contribution in [1.82, 2.24) is 0 Å². The average Bonchev–Trinajstić information content (AvgIpc) is 3.17. The van der Waals surface area contributed by atoms with Gasteiger partial charge in [-0.1, -0.05) is 13.8 Å². The molecule has 5 aliphatic carbocycles. The first-order valence-corrected chi connectivity index (χ1v) is 11.3. The molecule has 5 aliphatic rings. The lowest BCUT2D eigenvalue weighted by molar-refractivity contribution is -0.311. The van der Waals surface area contributed by atoms with Crippen LogP contribution >= 0.6 is 0 Å². The summed E-state index contributed by atoms with van der Waals surface area (Å²) in [5.41, 5.74) is -3.17. The Morgan fingerprint density at radius 1 is 1.04 bits per heavy atom. The number of rotatable bonds is 2. The SMILES string of the molecule is CC(=O)OC(C)C1CCC2(O)C1(C)CCC1C3(C)CCC4CC43C(O)CC12O. The normalized spacial score (nSPS) is 60.2. The number of esters is 1. The van der Waals surface area contributed by atoms with Gasteiger partial charge in [0.05, 0.1) is 17.3 Å². The second-order valence-electron chi connectivity index (χ2n) is 11.4. The van der Waals surface area contributed by atoms with Crippen molar-refractivity contribution in [2.24, 2.45) is 34.0 Å². The Kier molecular flexibility index (Phi) is 3.68. The topological polar surface area (TPSA) is 87.0 Å². The molecule has 0 bridgehead atoms. The fourth-order valence-corrected chi connectivity index (χ4v) is 9.48. The molecule has 0 amide bonds. The predicted molar refractivity (Wildman–Crippen MR) is 103 cm³/mol. The van der Waals surface area contributed by atoms with Gasteiger partial charge < -0.3 is 20.1 Å². The lowest BCUT2D eigenvalue weighted by atomic mass is 9.42. The van der Waals surface area contributed by atoms with Crippen LogP contribution in [0, 0.1) is 34.0 Å². The molecule has 0 saturated heterocycles. The molecule has 5 saturated carbocycles. The number of aliphatic hydroxyl groups is 3. The molecule has 0 aromatic rings. The van der Waals surface area contributed by atoms with Gasteiger partial charge in [-0.15, -0.1) is 0 Å². The van der Waals surface area contributed by atoms with Crippen LogP contribution in [0.5, 0.6) is 0 Å². The highest BCUT2D eigenvalue weighted by Gasteiger charge is 2.83. The van der Waals surface area contributed by atoms with Crippen LogP contribution in [0.2, 0.25) is 0 Å². The number of carbonyl (C=O) groups excluding carboxylic acids is 1. The van der Waals surface area contributed by atoms with Crippen molar-refractivity contribution in [2.45, 2.75) is 102 Å². The molecule has 3 N–H and O–H groups in total. The Labute approximate surface area is 167 Å². The lowest BCUT2D eigenvalue weighted by Crippen LogP contribution is -2.75. The molecular weight excluding hydrogens is 356 g/mol. The van der Waals surface area contributed by atoms with Gasteiger partial charge in [0, 0.05) is 30.1 Å². The molecule has 0 aliphatic heterocycles. The van der Waals surface area contributed by atoms with Gasteiger partial charge in [0.2, 0.25) is 0 Å². The third kappa shape index (κ3) is 1.84. The van der Waals surface area contributed by atoms with Crippen LogP contribution in [0.1, 0.15) is 79.1 Å². The molecule has 0 aromatic heterocycles. The summed E-state index contributed by atoms with van der Waals surface area (Å²) in [7, 11) is 0. The van der Waals surface area contributed by atoms with E-state index in [2.05, 4.69) is 13.8 Å². The van der Waals surface area contributed by atoms with Crippen LogP contribution in [-0.2, 0) is 9.53 Å². The molecule has 10 unspecified atom stereocenters. The van der Waals surface area contributed by atoms with Crippen molar-refractivity contribution in [2.75, 3.05) is 0 Å². The predicted octanol–water partition coefficient (Wildman–Crippen LogP) is 2.80. The Morgan fingerprint density at radius 2 is 1.71 bits per heavy atom. The maximum Gasteiger partial charge on any atom is 0.302 e. The number of fused-ring (bicyclic) bond motifs is 4. The number of aliphatic hydroxyl groups excluding tert-OH is 1. The van der Waals surface area contributed by atoms with Gasteiger partial charge in [-0.25, -0.2) is 0 Å². The summed E-state index contributed by atoms with van der Waals surface area (Å²) in [6.07, 6.45) is 5.67. The highest BCUT2D eigenvalue weighted by Crippen LogP contribution is 2.82. The van der Waals surface area contributed by atoms with E-state index in [0.717, 1.165) is 38.5 Å². The zero-order valence-corrected chi connectivity index (χ0v) is 17.7. The van der Waals surface area contributed by atoms with Gasteiger partial charge in [-0.3, -0.25) is 4.79 Å². The highest BCUT2D eigenvalue weighted by atomic mass is 16.5. The van der Waals surface area contributed by atoms with Gasteiger partial charge in [0.1, 0.15) is 6.10 Å². The number of hydrogen-bond donors (Lipinski definition) is 3. The van der Waals surface area contributed by atoms with E-state index in [9.17, 15) is 20.1 Å². The average molecular weight is 393 g/mol. The summed E-state index contributed by atoms with van der Waals surface area (Å²) >= 11 is 0. The summed E-state index contributed by atoms with van der Waals surface area (Å²) in [4.78, 5) is 11.5. The van der Waals surface area contributed by atoms with E-state index in [1.165, 1.54) is 6.92 Å². The minimum absolute atomic E-state index is 0.0180.